The van der Waals surface area contributed by atoms with E-state index in [4.69, 9.17) is 10.00 Å². The van der Waals surface area contributed by atoms with Crippen LogP contribution in [0.5, 0.6) is 0 Å². The zero-order valence-corrected chi connectivity index (χ0v) is 7.50. The highest BCUT2D eigenvalue weighted by Crippen LogP contribution is 2.42. The van der Waals surface area contributed by atoms with Gasteiger partial charge >= 0.3 is 0 Å². The van der Waals surface area contributed by atoms with Crippen molar-refractivity contribution in [2.45, 2.75) is 43.5 Å². The summed E-state index contributed by atoms with van der Waals surface area (Å²) in [5.41, 5.74) is -0.282. The first-order valence-corrected chi connectivity index (χ1v) is 4.52. The maximum absolute atomic E-state index is 9.00. The molecule has 4 atom stereocenters. The van der Waals surface area contributed by atoms with Crippen molar-refractivity contribution in [1.82, 2.24) is 5.32 Å². The molecule has 0 spiro atoms. The van der Waals surface area contributed by atoms with E-state index in [1.54, 1.807) is 0 Å². The lowest BCUT2D eigenvalue weighted by Gasteiger charge is -2.43. The van der Waals surface area contributed by atoms with Gasteiger partial charge in [-0.1, -0.05) is 6.42 Å². The summed E-state index contributed by atoms with van der Waals surface area (Å²) in [5, 5.41) is 12.3. The van der Waals surface area contributed by atoms with Gasteiger partial charge in [0.2, 0.25) is 0 Å². The van der Waals surface area contributed by atoms with Crippen LogP contribution >= 0.6 is 0 Å². The summed E-state index contributed by atoms with van der Waals surface area (Å²) in [7, 11) is 2.12. The molecule has 1 N–H and O–H groups in total. The van der Waals surface area contributed by atoms with Crippen molar-refractivity contribution in [3.63, 3.8) is 0 Å². The van der Waals surface area contributed by atoms with Crippen molar-refractivity contribution in [3.05, 3.63) is 0 Å². The number of nitrogens with zero attached hydrogens (tertiary/aromatic N) is 1. The second-order valence-electron chi connectivity index (χ2n) is 3.93. The maximum Gasteiger partial charge on any atom is 0.136 e. The Balaban J connectivity index is 1.96. The predicted molar refractivity (Wildman–Crippen MR) is 47.3 cm³/mol. The minimum Gasteiger partial charge on any atom is -0.353 e. The van der Waals surface area contributed by atoms with Crippen molar-refractivity contribution >= 4 is 7.85 Å². The molecule has 64 valence electrons. The molecular formula is C8H13BN2O. The number of nitrogens with one attached hydrogen (secondary N) is 1. The van der Waals surface area contributed by atoms with E-state index in [9.17, 15) is 0 Å². The molecule has 2 fully saturated rings. The number of epoxide rings is 1. The zero-order valence-electron chi connectivity index (χ0n) is 7.50. The van der Waals surface area contributed by atoms with Crippen LogP contribution < -0.4 is 5.32 Å². The SMILES string of the molecule is BC1CC[C@]1(C#N)NC1OC1C. The molecule has 0 aromatic rings. The van der Waals surface area contributed by atoms with Crippen molar-refractivity contribution in [3.8, 4) is 6.07 Å². The van der Waals surface area contributed by atoms with Gasteiger partial charge in [-0.05, 0) is 19.2 Å². The van der Waals surface area contributed by atoms with E-state index in [0.717, 1.165) is 12.8 Å². The van der Waals surface area contributed by atoms with E-state index in [-0.39, 0.29) is 11.8 Å². The Morgan fingerprint density at radius 1 is 1.75 bits per heavy atom. The predicted octanol–water partition coefficient (Wildman–Crippen LogP) is -0.201. The van der Waals surface area contributed by atoms with Crippen molar-refractivity contribution in [1.29, 1.82) is 5.26 Å². The van der Waals surface area contributed by atoms with Gasteiger partial charge in [0, 0.05) is 0 Å². The van der Waals surface area contributed by atoms with E-state index in [1.165, 1.54) is 0 Å². The number of hydrogen-bond donors (Lipinski definition) is 1. The molecule has 1 aliphatic carbocycles. The summed E-state index contributed by atoms with van der Waals surface area (Å²) < 4.78 is 5.24. The number of ether oxygens (including phenoxy) is 1. The molecule has 2 rings (SSSR count). The highest BCUT2D eigenvalue weighted by molar-refractivity contribution is 6.13. The van der Waals surface area contributed by atoms with Gasteiger partial charge in [0.25, 0.3) is 0 Å². The summed E-state index contributed by atoms with van der Waals surface area (Å²) in [5.74, 6) is 0.471. The van der Waals surface area contributed by atoms with Gasteiger partial charge < -0.3 is 4.74 Å². The third-order valence-electron chi connectivity index (χ3n) is 3.12. The third-order valence-corrected chi connectivity index (χ3v) is 3.12. The molecule has 1 aliphatic heterocycles. The Hall–Kier alpha value is -0.525. The molecule has 1 saturated carbocycles. The standard InChI is InChI=1S/C8H13BN2O/c1-5-7(12-5)11-8(4-10)3-2-6(8)9/h5-7,11H,2-3,9H2,1H3/t5?,6?,7?,8-/m1/s1. The maximum atomic E-state index is 9.00. The van der Waals surface area contributed by atoms with Gasteiger partial charge in [-0.3, -0.25) is 5.32 Å². The monoisotopic (exact) mass is 164 g/mol. The Kier molecular flexibility index (Phi) is 1.67. The first-order chi connectivity index (χ1) is 5.68. The van der Waals surface area contributed by atoms with Crippen molar-refractivity contribution in [2.24, 2.45) is 0 Å². The summed E-state index contributed by atoms with van der Waals surface area (Å²) in [6, 6.07) is 2.37. The summed E-state index contributed by atoms with van der Waals surface area (Å²) in [4.78, 5) is 0. The minimum absolute atomic E-state index is 0.132. The van der Waals surface area contributed by atoms with Crippen LogP contribution in [0.4, 0.5) is 0 Å². The van der Waals surface area contributed by atoms with Gasteiger partial charge in [-0.25, -0.2) is 0 Å². The van der Waals surface area contributed by atoms with Crippen LogP contribution in [0.25, 0.3) is 0 Å². The fourth-order valence-corrected chi connectivity index (χ4v) is 1.73. The van der Waals surface area contributed by atoms with Crippen LogP contribution in [0.15, 0.2) is 0 Å². The lowest BCUT2D eigenvalue weighted by atomic mass is 9.57. The second kappa shape index (κ2) is 2.48. The Morgan fingerprint density at radius 3 is 2.67 bits per heavy atom. The van der Waals surface area contributed by atoms with Crippen LogP contribution in [0.3, 0.4) is 0 Å². The van der Waals surface area contributed by atoms with Gasteiger partial charge in [0.15, 0.2) is 0 Å². The minimum atomic E-state index is -0.282. The van der Waals surface area contributed by atoms with E-state index < -0.39 is 0 Å². The van der Waals surface area contributed by atoms with E-state index in [0.29, 0.717) is 11.9 Å². The zero-order chi connectivity index (χ0) is 8.77. The summed E-state index contributed by atoms with van der Waals surface area (Å²) in [6.45, 7) is 2.02. The average molecular weight is 164 g/mol. The molecule has 0 amide bonds. The Bertz CT molecular complexity index is 240. The second-order valence-corrected chi connectivity index (χ2v) is 3.93. The molecule has 0 aromatic carbocycles. The Morgan fingerprint density at radius 2 is 2.42 bits per heavy atom. The summed E-state index contributed by atoms with van der Waals surface area (Å²) >= 11 is 0. The smallest absolute Gasteiger partial charge is 0.136 e. The normalized spacial score (nSPS) is 50.8. The third kappa shape index (κ3) is 1.05. The lowest BCUT2D eigenvalue weighted by molar-refractivity contribution is 0.214. The van der Waals surface area contributed by atoms with E-state index in [2.05, 4.69) is 19.2 Å². The Labute approximate surface area is 73.5 Å². The fourth-order valence-electron chi connectivity index (χ4n) is 1.73. The van der Waals surface area contributed by atoms with Gasteiger partial charge in [-0.15, -0.1) is 0 Å². The fraction of sp³-hybridized carbons (Fsp3) is 0.875. The van der Waals surface area contributed by atoms with Gasteiger partial charge in [0.05, 0.1) is 12.2 Å². The van der Waals surface area contributed by atoms with Gasteiger partial charge in [0.1, 0.15) is 19.6 Å². The molecular weight excluding hydrogens is 151 g/mol. The molecule has 0 bridgehead atoms. The molecule has 1 saturated heterocycles. The molecule has 2 aliphatic rings. The number of nitriles is 1. The lowest BCUT2D eigenvalue weighted by Crippen LogP contribution is -2.55. The molecule has 12 heavy (non-hydrogen) atoms. The first-order valence-electron chi connectivity index (χ1n) is 4.52. The molecule has 4 heteroatoms. The van der Waals surface area contributed by atoms with Crippen LogP contribution in [-0.4, -0.2) is 25.7 Å². The van der Waals surface area contributed by atoms with Crippen LogP contribution in [0, 0.1) is 11.3 Å². The number of rotatable bonds is 2. The van der Waals surface area contributed by atoms with E-state index >= 15 is 0 Å². The summed E-state index contributed by atoms with van der Waals surface area (Å²) in [6.07, 6.45) is 2.55. The highest BCUT2D eigenvalue weighted by Gasteiger charge is 2.49. The van der Waals surface area contributed by atoms with E-state index in [1.807, 2.05) is 6.92 Å². The first kappa shape index (κ1) is 8.09. The molecule has 0 radical (unpaired) electrons. The molecule has 0 aromatic heterocycles. The largest absolute Gasteiger partial charge is 0.353 e. The van der Waals surface area contributed by atoms with Gasteiger partial charge in [-0.2, -0.15) is 5.26 Å². The molecule has 1 heterocycles. The molecule has 3 nitrogen and oxygen atoms in total. The average Bonchev–Trinajstić information content (AvgIpc) is 2.74. The van der Waals surface area contributed by atoms with Crippen LogP contribution in [-0.2, 0) is 4.74 Å². The topological polar surface area (TPSA) is 48.4 Å². The highest BCUT2D eigenvalue weighted by atomic mass is 16.6. The van der Waals surface area contributed by atoms with Crippen LogP contribution in [0.1, 0.15) is 19.8 Å². The quantitative estimate of drug-likeness (QED) is 0.454. The van der Waals surface area contributed by atoms with Crippen molar-refractivity contribution in [2.75, 3.05) is 0 Å². The van der Waals surface area contributed by atoms with Crippen molar-refractivity contribution < 1.29 is 4.74 Å². The molecule has 3 unspecified atom stereocenters. The number of hydrogen-bond acceptors (Lipinski definition) is 3. The van der Waals surface area contributed by atoms with Crippen LogP contribution in [0.2, 0.25) is 5.82 Å².